The number of hydrogen-bond acceptors (Lipinski definition) is 7. The topological polar surface area (TPSA) is 112 Å². The Kier molecular flexibility index (Phi) is 3.07. The van der Waals surface area contributed by atoms with Crippen molar-refractivity contribution in [3.63, 3.8) is 0 Å². The maximum absolute atomic E-state index is 11.9. The second-order valence-corrected chi connectivity index (χ2v) is 4.34. The highest BCUT2D eigenvalue weighted by Gasteiger charge is 2.20. The highest BCUT2D eigenvalue weighted by Crippen LogP contribution is 2.38. The predicted molar refractivity (Wildman–Crippen MR) is 69.1 cm³/mol. The molecule has 0 radical (unpaired) electrons. The van der Waals surface area contributed by atoms with Gasteiger partial charge >= 0.3 is 0 Å². The quantitative estimate of drug-likeness (QED) is 0.859. The minimum atomic E-state index is -0.581. The van der Waals surface area contributed by atoms with Crippen molar-refractivity contribution < 1.29 is 18.9 Å². The molecule has 2 aromatic rings. The number of hydrogen-bond donors (Lipinski definition) is 2. The van der Waals surface area contributed by atoms with Gasteiger partial charge in [-0.1, -0.05) is 11.6 Å². The van der Waals surface area contributed by atoms with Gasteiger partial charge in [-0.15, -0.1) is 0 Å². The number of nitrogens with zero attached hydrogens (tertiary/aromatic N) is 2. The molecule has 20 heavy (non-hydrogen) atoms. The number of amides is 1. The molecule has 8 nitrogen and oxygen atoms in total. The number of nitrogens with one attached hydrogen (secondary N) is 1. The van der Waals surface area contributed by atoms with Gasteiger partial charge in [-0.25, -0.2) is 4.63 Å². The lowest BCUT2D eigenvalue weighted by Gasteiger charge is -2.19. The number of aromatic nitrogens is 2. The Morgan fingerprint density at radius 3 is 2.60 bits per heavy atom. The number of nitrogen functional groups attached to an aromatic ring is 1. The SMILES string of the molecule is Nc1nonc1C(=O)Nc1cc2c(cc1Cl)OCCO2. The largest absolute Gasteiger partial charge is 0.486 e. The molecule has 0 bridgehead atoms. The van der Waals surface area contributed by atoms with Crippen LogP contribution in [0.2, 0.25) is 5.02 Å². The molecule has 0 atom stereocenters. The van der Waals surface area contributed by atoms with Gasteiger partial charge in [0.25, 0.3) is 5.91 Å². The van der Waals surface area contributed by atoms with Crippen LogP contribution in [0.1, 0.15) is 10.5 Å². The van der Waals surface area contributed by atoms with E-state index in [1.807, 2.05) is 0 Å². The van der Waals surface area contributed by atoms with Crippen molar-refractivity contribution in [1.29, 1.82) is 0 Å². The van der Waals surface area contributed by atoms with E-state index in [-0.39, 0.29) is 11.5 Å². The first-order chi connectivity index (χ1) is 9.65. The van der Waals surface area contributed by atoms with Crippen LogP contribution in [0.25, 0.3) is 0 Å². The van der Waals surface area contributed by atoms with Crippen LogP contribution in [-0.2, 0) is 0 Å². The number of ether oxygens (including phenoxy) is 2. The van der Waals surface area contributed by atoms with E-state index in [4.69, 9.17) is 26.8 Å². The van der Waals surface area contributed by atoms with E-state index in [9.17, 15) is 4.79 Å². The number of benzene rings is 1. The molecular weight excluding hydrogens is 288 g/mol. The number of halogens is 1. The van der Waals surface area contributed by atoms with Gasteiger partial charge in [-0.05, 0) is 10.3 Å². The molecular formula is C11H9ClN4O4. The fourth-order valence-corrected chi connectivity index (χ4v) is 1.90. The molecule has 3 N–H and O–H groups in total. The summed E-state index contributed by atoms with van der Waals surface area (Å²) in [6, 6.07) is 3.13. The second kappa shape index (κ2) is 4.89. The van der Waals surface area contributed by atoms with Crippen molar-refractivity contribution in [3.05, 3.63) is 22.8 Å². The molecule has 0 saturated carbocycles. The molecule has 9 heteroatoms. The number of rotatable bonds is 2. The van der Waals surface area contributed by atoms with Gasteiger partial charge in [-0.2, -0.15) is 0 Å². The molecule has 0 saturated heterocycles. The summed E-state index contributed by atoms with van der Waals surface area (Å²) in [5.41, 5.74) is 5.67. The van der Waals surface area contributed by atoms with Gasteiger partial charge in [0.15, 0.2) is 11.5 Å². The Morgan fingerprint density at radius 2 is 1.95 bits per heavy atom. The van der Waals surface area contributed by atoms with Gasteiger partial charge < -0.3 is 20.5 Å². The molecule has 2 heterocycles. The number of fused-ring (bicyclic) bond motifs is 1. The third-order valence-electron chi connectivity index (χ3n) is 2.61. The average Bonchev–Trinajstić information content (AvgIpc) is 2.86. The van der Waals surface area contributed by atoms with Crippen LogP contribution in [0.15, 0.2) is 16.8 Å². The minimum Gasteiger partial charge on any atom is -0.486 e. The van der Waals surface area contributed by atoms with E-state index in [0.29, 0.717) is 35.4 Å². The van der Waals surface area contributed by atoms with Crippen LogP contribution in [0, 0.1) is 0 Å². The lowest BCUT2D eigenvalue weighted by molar-refractivity contribution is 0.101. The van der Waals surface area contributed by atoms with E-state index in [2.05, 4.69) is 20.3 Å². The second-order valence-electron chi connectivity index (χ2n) is 3.93. The molecule has 1 aliphatic heterocycles. The van der Waals surface area contributed by atoms with Crippen LogP contribution in [0.4, 0.5) is 11.5 Å². The van der Waals surface area contributed by atoms with E-state index in [1.54, 1.807) is 12.1 Å². The van der Waals surface area contributed by atoms with Crippen molar-refractivity contribution in [3.8, 4) is 11.5 Å². The minimum absolute atomic E-state index is 0.101. The molecule has 0 fully saturated rings. The summed E-state index contributed by atoms with van der Waals surface area (Å²) in [6.07, 6.45) is 0. The summed E-state index contributed by atoms with van der Waals surface area (Å²) in [5.74, 6) is 0.350. The predicted octanol–water partition coefficient (Wildman–Crippen LogP) is 1.33. The van der Waals surface area contributed by atoms with Crippen molar-refractivity contribution in [2.45, 2.75) is 0 Å². The summed E-state index contributed by atoms with van der Waals surface area (Å²) in [4.78, 5) is 11.9. The zero-order valence-electron chi connectivity index (χ0n) is 10.1. The molecule has 3 rings (SSSR count). The van der Waals surface area contributed by atoms with Crippen molar-refractivity contribution in [1.82, 2.24) is 10.3 Å². The zero-order chi connectivity index (χ0) is 14.1. The Balaban J connectivity index is 1.87. The average molecular weight is 297 g/mol. The highest BCUT2D eigenvalue weighted by molar-refractivity contribution is 6.34. The first kappa shape index (κ1) is 12.5. The molecule has 0 aliphatic carbocycles. The Labute approximate surface area is 117 Å². The van der Waals surface area contributed by atoms with Crippen LogP contribution < -0.4 is 20.5 Å². The maximum Gasteiger partial charge on any atom is 0.281 e. The fourth-order valence-electron chi connectivity index (χ4n) is 1.69. The summed E-state index contributed by atoms with van der Waals surface area (Å²) < 4.78 is 15.1. The number of anilines is 2. The first-order valence-electron chi connectivity index (χ1n) is 5.63. The molecule has 1 amide bonds. The third kappa shape index (κ3) is 2.21. The van der Waals surface area contributed by atoms with E-state index in [0.717, 1.165) is 0 Å². The van der Waals surface area contributed by atoms with Gasteiger partial charge in [0.2, 0.25) is 11.5 Å². The number of carbonyl (C=O) groups excluding carboxylic acids is 1. The summed E-state index contributed by atoms with van der Waals surface area (Å²) in [7, 11) is 0. The van der Waals surface area contributed by atoms with Crippen LogP contribution in [0.5, 0.6) is 11.5 Å². The summed E-state index contributed by atoms with van der Waals surface area (Å²) in [6.45, 7) is 0.887. The standard InChI is InChI=1S/C11H9ClN4O4/c12-5-3-7-8(19-2-1-18-7)4-6(5)14-11(17)9-10(13)16-20-15-9/h3-4H,1-2H2,(H2,13,16)(H,14,17). The Morgan fingerprint density at radius 1 is 1.25 bits per heavy atom. The van der Waals surface area contributed by atoms with E-state index < -0.39 is 5.91 Å². The van der Waals surface area contributed by atoms with Gasteiger partial charge in [0, 0.05) is 12.1 Å². The molecule has 1 aliphatic rings. The molecule has 0 spiro atoms. The van der Waals surface area contributed by atoms with Crippen LogP contribution in [-0.4, -0.2) is 29.4 Å². The highest BCUT2D eigenvalue weighted by atomic mass is 35.5. The molecule has 104 valence electrons. The van der Waals surface area contributed by atoms with Crippen molar-refractivity contribution >= 4 is 29.0 Å². The van der Waals surface area contributed by atoms with E-state index in [1.165, 1.54) is 0 Å². The number of nitrogens with two attached hydrogens (primary N) is 1. The van der Waals surface area contributed by atoms with Gasteiger partial charge in [0.05, 0.1) is 10.7 Å². The van der Waals surface area contributed by atoms with Crippen molar-refractivity contribution in [2.24, 2.45) is 0 Å². The van der Waals surface area contributed by atoms with Crippen molar-refractivity contribution in [2.75, 3.05) is 24.3 Å². The lowest BCUT2D eigenvalue weighted by atomic mass is 10.2. The zero-order valence-corrected chi connectivity index (χ0v) is 10.8. The fraction of sp³-hybridized carbons (Fsp3) is 0.182. The monoisotopic (exact) mass is 296 g/mol. The maximum atomic E-state index is 11.9. The number of carbonyl (C=O) groups is 1. The smallest absolute Gasteiger partial charge is 0.281 e. The third-order valence-corrected chi connectivity index (χ3v) is 2.92. The molecule has 1 aromatic carbocycles. The van der Waals surface area contributed by atoms with Gasteiger partial charge in [-0.3, -0.25) is 4.79 Å². The molecule has 1 aromatic heterocycles. The van der Waals surface area contributed by atoms with Crippen LogP contribution in [0.3, 0.4) is 0 Å². The summed E-state index contributed by atoms with van der Waals surface area (Å²) >= 11 is 6.07. The summed E-state index contributed by atoms with van der Waals surface area (Å²) in [5, 5.41) is 9.59. The van der Waals surface area contributed by atoms with Crippen LogP contribution >= 0.6 is 11.6 Å². The molecule has 0 unspecified atom stereocenters. The lowest BCUT2D eigenvalue weighted by Crippen LogP contribution is -2.17. The first-order valence-corrected chi connectivity index (χ1v) is 6.01. The Hall–Kier alpha value is -2.48. The normalized spacial score (nSPS) is 13.1. The van der Waals surface area contributed by atoms with E-state index >= 15 is 0 Å². The van der Waals surface area contributed by atoms with Gasteiger partial charge in [0.1, 0.15) is 13.2 Å². The Bertz CT molecular complexity index is 672.